The van der Waals surface area contributed by atoms with Crippen molar-refractivity contribution in [1.82, 2.24) is 10.6 Å². The molecule has 0 radical (unpaired) electrons. The van der Waals surface area contributed by atoms with E-state index in [1.165, 1.54) is 6.92 Å². The first kappa shape index (κ1) is 19.7. The summed E-state index contributed by atoms with van der Waals surface area (Å²) in [5, 5.41) is 21.9. The Hall–Kier alpha value is -2.32. The number of carbonyl (C=O) groups excluding carboxylic acids is 2. The van der Waals surface area contributed by atoms with Crippen LogP contribution < -0.4 is 10.6 Å². The summed E-state index contributed by atoms with van der Waals surface area (Å²) in [4.78, 5) is 44.7. The molecule has 2 atom stereocenters. The van der Waals surface area contributed by atoms with Crippen molar-refractivity contribution in [2.75, 3.05) is 0 Å². The van der Waals surface area contributed by atoms with Crippen molar-refractivity contribution in [2.45, 2.75) is 58.2 Å². The molecule has 0 rings (SSSR count). The van der Waals surface area contributed by atoms with Crippen LogP contribution in [0.25, 0.3) is 0 Å². The third kappa shape index (κ3) is 8.77. The molecule has 0 saturated heterocycles. The van der Waals surface area contributed by atoms with Crippen LogP contribution >= 0.6 is 0 Å². The summed E-state index contributed by atoms with van der Waals surface area (Å²) in [6.07, 6.45) is -1.46. The minimum Gasteiger partial charge on any atom is -0.481 e. The van der Waals surface area contributed by atoms with Crippen molar-refractivity contribution >= 4 is 23.9 Å². The molecule has 0 spiro atoms. The molecule has 9 heteroatoms. The highest BCUT2D eigenvalue weighted by atomic mass is 16.6. The van der Waals surface area contributed by atoms with Crippen LogP contribution in [0.5, 0.6) is 0 Å². The predicted molar refractivity (Wildman–Crippen MR) is 75.3 cm³/mol. The van der Waals surface area contributed by atoms with Gasteiger partial charge in [0, 0.05) is 6.42 Å². The molecule has 0 saturated carbocycles. The van der Waals surface area contributed by atoms with Gasteiger partial charge in [-0.25, -0.2) is 9.59 Å². The maximum Gasteiger partial charge on any atom is 0.408 e. The highest BCUT2D eigenvalue weighted by molar-refractivity contribution is 5.89. The maximum atomic E-state index is 11.8. The van der Waals surface area contributed by atoms with Gasteiger partial charge in [0.1, 0.15) is 17.7 Å². The second-order valence-electron chi connectivity index (χ2n) is 5.70. The number of rotatable bonds is 7. The van der Waals surface area contributed by atoms with Gasteiger partial charge in [0.2, 0.25) is 5.91 Å². The monoisotopic (exact) mass is 318 g/mol. The number of amides is 2. The summed E-state index contributed by atoms with van der Waals surface area (Å²) in [7, 11) is 0. The first-order valence-electron chi connectivity index (χ1n) is 6.67. The molecular formula is C13H22N2O7. The Labute approximate surface area is 128 Å². The molecular weight excluding hydrogens is 296 g/mol. The summed E-state index contributed by atoms with van der Waals surface area (Å²) in [6, 6.07) is -2.37. The number of hydrogen-bond acceptors (Lipinski definition) is 5. The van der Waals surface area contributed by atoms with E-state index in [4.69, 9.17) is 14.9 Å². The molecule has 0 fully saturated rings. The zero-order valence-corrected chi connectivity index (χ0v) is 13.0. The predicted octanol–water partition coefficient (Wildman–Crippen LogP) is 0.334. The van der Waals surface area contributed by atoms with E-state index in [-0.39, 0.29) is 6.42 Å². The molecule has 0 unspecified atom stereocenters. The molecule has 4 N–H and O–H groups in total. The summed E-state index contributed by atoms with van der Waals surface area (Å²) < 4.78 is 4.97. The van der Waals surface area contributed by atoms with Crippen LogP contribution in [0, 0.1) is 0 Å². The Morgan fingerprint density at radius 3 is 2.05 bits per heavy atom. The Morgan fingerprint density at radius 2 is 1.64 bits per heavy atom. The SMILES string of the molecule is C[C@H](NC(=O)OC(C)(C)C)C(=O)N[C@@H](CCC(=O)O)C(=O)O. The first-order valence-corrected chi connectivity index (χ1v) is 6.67. The summed E-state index contributed by atoms with van der Waals surface area (Å²) in [5.41, 5.74) is -0.731. The van der Waals surface area contributed by atoms with Gasteiger partial charge in [-0.15, -0.1) is 0 Å². The number of carbonyl (C=O) groups is 4. The lowest BCUT2D eigenvalue weighted by Crippen LogP contribution is -2.51. The maximum absolute atomic E-state index is 11.8. The number of carboxylic acids is 2. The summed E-state index contributed by atoms with van der Waals surface area (Å²) in [5.74, 6) is -3.26. The average molecular weight is 318 g/mol. The van der Waals surface area contributed by atoms with Crippen molar-refractivity contribution in [2.24, 2.45) is 0 Å². The number of hydrogen-bond donors (Lipinski definition) is 4. The minimum absolute atomic E-state index is 0.254. The molecule has 0 aliphatic rings. The Morgan fingerprint density at radius 1 is 1.09 bits per heavy atom. The van der Waals surface area contributed by atoms with Crippen molar-refractivity contribution in [3.05, 3.63) is 0 Å². The van der Waals surface area contributed by atoms with Gasteiger partial charge in [-0.2, -0.15) is 0 Å². The lowest BCUT2D eigenvalue weighted by atomic mass is 10.1. The van der Waals surface area contributed by atoms with E-state index in [1.54, 1.807) is 20.8 Å². The highest BCUT2D eigenvalue weighted by Gasteiger charge is 2.25. The van der Waals surface area contributed by atoms with Crippen LogP contribution in [0.3, 0.4) is 0 Å². The molecule has 2 amide bonds. The molecule has 22 heavy (non-hydrogen) atoms. The van der Waals surface area contributed by atoms with Crippen LogP contribution in [-0.2, 0) is 19.1 Å². The van der Waals surface area contributed by atoms with Crippen LogP contribution in [0.4, 0.5) is 4.79 Å². The fourth-order valence-corrected chi connectivity index (χ4v) is 1.37. The van der Waals surface area contributed by atoms with E-state index in [9.17, 15) is 19.2 Å². The Bertz CT molecular complexity index is 442. The summed E-state index contributed by atoms with van der Waals surface area (Å²) in [6.45, 7) is 6.33. The quantitative estimate of drug-likeness (QED) is 0.530. The fraction of sp³-hybridized carbons (Fsp3) is 0.692. The van der Waals surface area contributed by atoms with Crippen LogP contribution in [0.2, 0.25) is 0 Å². The van der Waals surface area contributed by atoms with Gasteiger partial charge < -0.3 is 25.6 Å². The van der Waals surface area contributed by atoms with Crippen molar-refractivity contribution in [1.29, 1.82) is 0 Å². The van der Waals surface area contributed by atoms with Gasteiger partial charge in [-0.3, -0.25) is 9.59 Å². The normalized spacial score (nSPS) is 13.6. The summed E-state index contributed by atoms with van der Waals surface area (Å²) >= 11 is 0. The van der Waals surface area contributed by atoms with E-state index in [0.717, 1.165) is 0 Å². The number of ether oxygens (including phenoxy) is 1. The molecule has 9 nitrogen and oxygen atoms in total. The lowest BCUT2D eigenvalue weighted by molar-refractivity contribution is -0.143. The molecule has 0 aromatic rings. The number of nitrogens with one attached hydrogen (secondary N) is 2. The second-order valence-corrected chi connectivity index (χ2v) is 5.70. The third-order valence-corrected chi connectivity index (χ3v) is 2.39. The fourth-order valence-electron chi connectivity index (χ4n) is 1.37. The van der Waals surface area contributed by atoms with Gasteiger partial charge in [-0.05, 0) is 34.1 Å². The van der Waals surface area contributed by atoms with Gasteiger partial charge >= 0.3 is 18.0 Å². The number of aliphatic carboxylic acids is 2. The molecule has 0 aliphatic carbocycles. The molecule has 0 aromatic carbocycles. The van der Waals surface area contributed by atoms with E-state index in [1.807, 2.05) is 0 Å². The van der Waals surface area contributed by atoms with E-state index >= 15 is 0 Å². The van der Waals surface area contributed by atoms with E-state index in [0.29, 0.717) is 0 Å². The van der Waals surface area contributed by atoms with Gasteiger partial charge in [0.25, 0.3) is 0 Å². The van der Waals surface area contributed by atoms with Crippen LogP contribution in [0.15, 0.2) is 0 Å². The van der Waals surface area contributed by atoms with Gasteiger partial charge in [0.15, 0.2) is 0 Å². The molecule has 0 aromatic heterocycles. The van der Waals surface area contributed by atoms with E-state index in [2.05, 4.69) is 10.6 Å². The molecule has 126 valence electrons. The third-order valence-electron chi connectivity index (χ3n) is 2.39. The van der Waals surface area contributed by atoms with Crippen molar-refractivity contribution in [3.63, 3.8) is 0 Å². The molecule has 0 bridgehead atoms. The topological polar surface area (TPSA) is 142 Å². The standard InChI is InChI=1S/C13H22N2O7/c1-7(14-12(21)22-13(2,3)4)10(18)15-8(11(19)20)5-6-9(16)17/h7-8H,5-6H2,1-4H3,(H,14,21)(H,15,18)(H,16,17)(H,19,20)/t7-,8-/m0/s1. The van der Waals surface area contributed by atoms with Crippen molar-refractivity contribution in [3.8, 4) is 0 Å². The zero-order chi connectivity index (χ0) is 17.5. The minimum atomic E-state index is -1.35. The molecule has 0 aliphatic heterocycles. The number of alkyl carbamates (subject to hydrolysis) is 1. The second kappa shape index (κ2) is 8.20. The van der Waals surface area contributed by atoms with Crippen LogP contribution in [0.1, 0.15) is 40.5 Å². The van der Waals surface area contributed by atoms with Crippen molar-refractivity contribution < 1.29 is 34.1 Å². The highest BCUT2D eigenvalue weighted by Crippen LogP contribution is 2.07. The number of carboxylic acid groups (broad SMARTS) is 2. The first-order chi connectivity index (χ1) is 9.92. The molecule has 0 heterocycles. The van der Waals surface area contributed by atoms with Crippen LogP contribution in [-0.4, -0.2) is 51.8 Å². The zero-order valence-electron chi connectivity index (χ0n) is 13.0. The van der Waals surface area contributed by atoms with Gasteiger partial charge in [-0.1, -0.05) is 0 Å². The smallest absolute Gasteiger partial charge is 0.408 e. The Balaban J connectivity index is 4.50. The van der Waals surface area contributed by atoms with Gasteiger partial charge in [0.05, 0.1) is 0 Å². The Kier molecular flexibility index (Phi) is 7.34. The lowest BCUT2D eigenvalue weighted by Gasteiger charge is -2.22. The largest absolute Gasteiger partial charge is 0.481 e. The van der Waals surface area contributed by atoms with E-state index < -0.39 is 48.0 Å². The average Bonchev–Trinajstić information content (AvgIpc) is 2.30.